The first-order valence-corrected chi connectivity index (χ1v) is 10.6. The van der Waals surface area contributed by atoms with Crippen molar-refractivity contribution in [2.24, 2.45) is 0 Å². The highest BCUT2D eigenvalue weighted by molar-refractivity contribution is 7.12. The summed E-state index contributed by atoms with van der Waals surface area (Å²) in [7, 11) is 1.54. The lowest BCUT2D eigenvalue weighted by Crippen LogP contribution is -2.51. The average Bonchev–Trinajstić information content (AvgIpc) is 3.30. The van der Waals surface area contributed by atoms with E-state index in [0.717, 1.165) is 4.88 Å². The fourth-order valence-electron chi connectivity index (χ4n) is 2.80. The molecule has 10 nitrogen and oxygen atoms in total. The monoisotopic (exact) mass is 483 g/mol. The fourth-order valence-corrected chi connectivity index (χ4v) is 3.63. The molecule has 0 bridgehead atoms. The molecular weight excluding hydrogens is 462 g/mol. The summed E-state index contributed by atoms with van der Waals surface area (Å²) >= 11 is 7.45. The number of hydrogen-bond acceptors (Lipinski definition) is 7. The molecule has 1 fully saturated rings. The Morgan fingerprint density at radius 1 is 1.09 bits per heavy atom. The lowest BCUT2D eigenvalue weighted by atomic mass is 10.2. The zero-order valence-corrected chi connectivity index (χ0v) is 18.7. The minimum atomic E-state index is -1.82. The number of ether oxygens (including phenoxy) is 1. The summed E-state index contributed by atoms with van der Waals surface area (Å²) in [4.78, 5) is 47.5. The predicted octanol–water partition coefficient (Wildman–Crippen LogP) is 2.60. The van der Waals surface area contributed by atoms with Crippen LogP contribution >= 0.6 is 22.9 Å². The summed E-state index contributed by atoms with van der Waals surface area (Å²) in [5.41, 5.74) is 0.542. The minimum Gasteiger partial charge on any atom is -0.495 e. The van der Waals surface area contributed by atoms with Crippen LogP contribution in [-0.4, -0.2) is 83.6 Å². The number of piperazine rings is 1. The van der Waals surface area contributed by atoms with Crippen LogP contribution in [-0.2, 0) is 9.59 Å². The van der Waals surface area contributed by atoms with E-state index >= 15 is 0 Å². The molecule has 172 valence electrons. The van der Waals surface area contributed by atoms with Crippen molar-refractivity contribution < 1.29 is 34.1 Å². The number of halogens is 1. The third-order valence-corrected chi connectivity index (χ3v) is 5.55. The maximum atomic E-state index is 12.5. The van der Waals surface area contributed by atoms with Crippen molar-refractivity contribution in [2.75, 3.05) is 45.2 Å². The molecule has 0 saturated carbocycles. The number of carboxylic acids is 2. The Balaban J connectivity index is 0.000000534. The molecule has 3 N–H and O–H groups in total. The number of aliphatic carboxylic acids is 2. The van der Waals surface area contributed by atoms with Gasteiger partial charge in [-0.15, -0.1) is 11.3 Å². The van der Waals surface area contributed by atoms with E-state index < -0.39 is 11.9 Å². The molecule has 0 spiro atoms. The van der Waals surface area contributed by atoms with E-state index in [1.54, 1.807) is 30.2 Å². The number of amides is 2. The highest BCUT2D eigenvalue weighted by Crippen LogP contribution is 2.28. The van der Waals surface area contributed by atoms with Crippen LogP contribution in [0.2, 0.25) is 5.02 Å². The van der Waals surface area contributed by atoms with Crippen LogP contribution in [0.5, 0.6) is 5.75 Å². The number of carbonyl (C=O) groups is 4. The number of carboxylic acid groups (broad SMARTS) is 2. The smallest absolute Gasteiger partial charge is 0.414 e. The van der Waals surface area contributed by atoms with Gasteiger partial charge in [-0.1, -0.05) is 17.7 Å². The third kappa shape index (κ3) is 7.52. The number of methoxy groups -OCH3 is 1. The molecule has 0 aliphatic carbocycles. The standard InChI is InChI=1S/C18H20ClN3O3S.C2H2O4/c1-25-16-5-4-13(19)11-14(16)20-18(24)22-8-6-21(7-9-22)12-15(23)17-3-2-10-26-17;3-1(4)2(5)6/h2-5,10-11H,6-9,12H2,1H3,(H,20,24);(H,3,4)(H,5,6). The van der Waals surface area contributed by atoms with Gasteiger partial charge in [-0.2, -0.15) is 0 Å². The minimum absolute atomic E-state index is 0.126. The zero-order chi connectivity index (χ0) is 23.7. The molecular formula is C20H22ClN3O7S. The molecule has 1 saturated heterocycles. The molecule has 3 rings (SSSR count). The summed E-state index contributed by atoms with van der Waals surface area (Å²) in [5, 5.41) is 20.1. The molecule has 0 radical (unpaired) electrons. The fraction of sp³-hybridized carbons (Fsp3) is 0.300. The number of ketones is 1. The van der Waals surface area contributed by atoms with Gasteiger partial charge >= 0.3 is 18.0 Å². The molecule has 1 aromatic carbocycles. The molecule has 2 heterocycles. The lowest BCUT2D eigenvalue weighted by molar-refractivity contribution is -0.159. The summed E-state index contributed by atoms with van der Waals surface area (Å²) in [6, 6.07) is 8.61. The van der Waals surface area contributed by atoms with Crippen molar-refractivity contribution in [3.63, 3.8) is 0 Å². The van der Waals surface area contributed by atoms with Gasteiger partial charge in [-0.25, -0.2) is 14.4 Å². The number of nitrogens with zero attached hydrogens (tertiary/aromatic N) is 2. The Morgan fingerprint density at radius 2 is 1.75 bits per heavy atom. The van der Waals surface area contributed by atoms with E-state index in [1.807, 2.05) is 17.5 Å². The number of carbonyl (C=O) groups excluding carboxylic acids is 2. The maximum absolute atomic E-state index is 12.5. The van der Waals surface area contributed by atoms with Gasteiger partial charge in [-0.3, -0.25) is 9.69 Å². The van der Waals surface area contributed by atoms with Crippen molar-refractivity contribution in [1.29, 1.82) is 0 Å². The number of hydrogen-bond donors (Lipinski definition) is 3. The van der Waals surface area contributed by atoms with Gasteiger partial charge in [0.05, 0.1) is 24.2 Å². The summed E-state index contributed by atoms with van der Waals surface area (Å²) in [6.45, 7) is 2.84. The molecule has 32 heavy (non-hydrogen) atoms. The Labute approximate surface area is 192 Å². The van der Waals surface area contributed by atoms with Crippen molar-refractivity contribution in [3.05, 3.63) is 45.6 Å². The van der Waals surface area contributed by atoms with Gasteiger partial charge in [-0.05, 0) is 29.6 Å². The third-order valence-electron chi connectivity index (χ3n) is 4.41. The van der Waals surface area contributed by atoms with E-state index in [9.17, 15) is 9.59 Å². The molecule has 2 amide bonds. The lowest BCUT2D eigenvalue weighted by Gasteiger charge is -2.34. The number of rotatable bonds is 5. The van der Waals surface area contributed by atoms with Crippen molar-refractivity contribution >= 4 is 52.4 Å². The van der Waals surface area contributed by atoms with Crippen LogP contribution in [0.4, 0.5) is 10.5 Å². The van der Waals surface area contributed by atoms with Gasteiger partial charge in [0.25, 0.3) is 0 Å². The number of benzene rings is 1. The molecule has 0 unspecified atom stereocenters. The first kappa shape index (κ1) is 25.1. The van der Waals surface area contributed by atoms with Crippen LogP contribution in [0, 0.1) is 0 Å². The number of nitrogens with one attached hydrogen (secondary N) is 1. The molecule has 12 heteroatoms. The Bertz CT molecular complexity index is 948. The normalized spacial score (nSPS) is 13.5. The number of urea groups is 1. The van der Waals surface area contributed by atoms with Crippen LogP contribution in [0.25, 0.3) is 0 Å². The second kappa shape index (κ2) is 12.0. The predicted molar refractivity (Wildman–Crippen MR) is 119 cm³/mol. The number of Topliss-reactive ketones (excluding diaryl/α,β-unsaturated/α-hetero) is 1. The Hall–Kier alpha value is -3.15. The van der Waals surface area contributed by atoms with Crippen molar-refractivity contribution in [1.82, 2.24) is 9.80 Å². The second-order valence-electron chi connectivity index (χ2n) is 6.55. The maximum Gasteiger partial charge on any atom is 0.414 e. The largest absolute Gasteiger partial charge is 0.495 e. The molecule has 2 aromatic rings. The zero-order valence-electron chi connectivity index (χ0n) is 17.1. The van der Waals surface area contributed by atoms with E-state index in [2.05, 4.69) is 10.2 Å². The quantitative estimate of drug-likeness (QED) is 0.436. The van der Waals surface area contributed by atoms with E-state index in [4.69, 9.17) is 36.1 Å². The van der Waals surface area contributed by atoms with Crippen molar-refractivity contribution in [3.8, 4) is 5.75 Å². The first-order valence-electron chi connectivity index (χ1n) is 9.36. The topological polar surface area (TPSA) is 136 Å². The van der Waals surface area contributed by atoms with E-state index in [1.165, 1.54) is 11.3 Å². The van der Waals surface area contributed by atoms with Gasteiger partial charge in [0.2, 0.25) is 0 Å². The van der Waals surface area contributed by atoms with Crippen molar-refractivity contribution in [2.45, 2.75) is 0 Å². The molecule has 0 atom stereocenters. The molecule has 1 aliphatic heterocycles. The van der Waals surface area contributed by atoms with Crippen LogP contribution in [0.15, 0.2) is 35.7 Å². The van der Waals surface area contributed by atoms with Crippen LogP contribution in [0.1, 0.15) is 9.67 Å². The van der Waals surface area contributed by atoms with Gasteiger partial charge in [0, 0.05) is 31.2 Å². The summed E-state index contributed by atoms with van der Waals surface area (Å²) < 4.78 is 5.25. The van der Waals surface area contributed by atoms with Gasteiger partial charge in [0.15, 0.2) is 5.78 Å². The van der Waals surface area contributed by atoms with E-state index in [-0.39, 0.29) is 11.8 Å². The van der Waals surface area contributed by atoms with Crippen LogP contribution in [0.3, 0.4) is 0 Å². The second-order valence-corrected chi connectivity index (χ2v) is 7.93. The molecule has 1 aliphatic rings. The van der Waals surface area contributed by atoms with E-state index in [0.29, 0.717) is 49.2 Å². The highest BCUT2D eigenvalue weighted by atomic mass is 35.5. The van der Waals surface area contributed by atoms with Gasteiger partial charge < -0.3 is 25.2 Å². The SMILES string of the molecule is COc1ccc(Cl)cc1NC(=O)N1CCN(CC(=O)c2cccs2)CC1.O=C(O)C(=O)O. The Morgan fingerprint density at radius 3 is 2.28 bits per heavy atom. The van der Waals surface area contributed by atoms with Gasteiger partial charge in [0.1, 0.15) is 5.75 Å². The first-order chi connectivity index (χ1) is 15.2. The highest BCUT2D eigenvalue weighted by Gasteiger charge is 2.23. The number of thiophene rings is 1. The Kier molecular flexibility index (Phi) is 9.44. The number of anilines is 1. The van der Waals surface area contributed by atoms with Crippen LogP contribution < -0.4 is 10.1 Å². The average molecular weight is 484 g/mol. The summed E-state index contributed by atoms with van der Waals surface area (Å²) in [5.74, 6) is -2.96. The summed E-state index contributed by atoms with van der Waals surface area (Å²) in [6.07, 6.45) is 0. The molecule has 1 aromatic heterocycles.